The Morgan fingerprint density at radius 1 is 1.19 bits per heavy atom. The number of nitrogens with zero attached hydrogens (tertiary/aromatic N) is 1. The molecular weight excluding hydrogens is 368 g/mol. The fraction of sp³-hybridized carbons (Fsp3) is 0.316. The summed E-state index contributed by atoms with van der Waals surface area (Å²) in [7, 11) is -2.60. The molecule has 0 fully saturated rings. The number of nitrogens with one attached hydrogen (secondary N) is 1. The monoisotopic (exact) mass is 392 g/mol. The van der Waals surface area contributed by atoms with Crippen molar-refractivity contribution in [2.45, 2.75) is 18.4 Å². The molecule has 2 aromatic rings. The lowest BCUT2D eigenvalue weighted by Crippen LogP contribution is -2.41. The van der Waals surface area contributed by atoms with Crippen LogP contribution in [-0.2, 0) is 21.4 Å². The molecule has 0 spiro atoms. The number of rotatable bonds is 9. The number of hydrogen-bond donors (Lipinski definition) is 2. The minimum atomic E-state index is -4.00. The van der Waals surface area contributed by atoms with Crippen molar-refractivity contribution in [1.82, 2.24) is 9.62 Å². The number of hydrogen-bond acceptors (Lipinski definition) is 5. The van der Waals surface area contributed by atoms with Gasteiger partial charge in [0.25, 0.3) is 0 Å². The first-order valence-electron chi connectivity index (χ1n) is 8.44. The van der Waals surface area contributed by atoms with E-state index in [1.807, 2.05) is 6.07 Å². The lowest BCUT2D eigenvalue weighted by molar-refractivity contribution is -0.121. The second-order valence-electron chi connectivity index (χ2n) is 5.99. The average molecular weight is 392 g/mol. The third kappa shape index (κ3) is 5.53. The summed E-state index contributed by atoms with van der Waals surface area (Å²) in [6.45, 7) is 1.30. The largest absolute Gasteiger partial charge is 0.495 e. The third-order valence-corrected chi connectivity index (χ3v) is 5.71. The van der Waals surface area contributed by atoms with Gasteiger partial charge >= 0.3 is 0 Å². The van der Waals surface area contributed by atoms with Crippen LogP contribution in [0.3, 0.4) is 0 Å². The maximum atomic E-state index is 13.3. The molecule has 0 unspecified atom stereocenters. The molecular formula is C19H24N2O5S. The Kier molecular flexibility index (Phi) is 7.35. The lowest BCUT2D eigenvalue weighted by atomic mass is 10.2. The first-order chi connectivity index (χ1) is 12.9. The van der Waals surface area contributed by atoms with Crippen LogP contribution >= 0.6 is 0 Å². The van der Waals surface area contributed by atoms with Crippen molar-refractivity contribution in [2.75, 3.05) is 26.8 Å². The van der Waals surface area contributed by atoms with E-state index in [1.165, 1.54) is 13.2 Å². The van der Waals surface area contributed by atoms with E-state index in [4.69, 9.17) is 9.84 Å². The van der Waals surface area contributed by atoms with Crippen molar-refractivity contribution in [1.29, 1.82) is 0 Å². The number of carbonyl (C=O) groups is 1. The summed E-state index contributed by atoms with van der Waals surface area (Å²) in [5, 5.41) is 11.3. The molecule has 0 saturated carbocycles. The second kappa shape index (κ2) is 9.50. The van der Waals surface area contributed by atoms with Gasteiger partial charge in [0.1, 0.15) is 10.6 Å². The molecule has 0 bridgehead atoms. The zero-order valence-electron chi connectivity index (χ0n) is 15.4. The summed E-state index contributed by atoms with van der Waals surface area (Å²) in [6.07, 6.45) is 0. The van der Waals surface area contributed by atoms with E-state index in [9.17, 15) is 13.2 Å². The highest BCUT2D eigenvalue weighted by atomic mass is 32.2. The number of sulfonamides is 1. The molecule has 2 rings (SSSR count). The predicted molar refractivity (Wildman–Crippen MR) is 102 cm³/mol. The van der Waals surface area contributed by atoms with Crippen LogP contribution in [-0.4, -0.2) is 50.5 Å². The molecule has 8 heteroatoms. The van der Waals surface area contributed by atoms with Gasteiger partial charge in [0.15, 0.2) is 0 Å². The quantitative estimate of drug-likeness (QED) is 0.671. The van der Waals surface area contributed by atoms with Crippen molar-refractivity contribution in [3.05, 3.63) is 59.7 Å². The zero-order chi connectivity index (χ0) is 19.9. The normalized spacial score (nSPS) is 11.4. The van der Waals surface area contributed by atoms with E-state index in [2.05, 4.69) is 5.32 Å². The summed E-state index contributed by atoms with van der Waals surface area (Å²) in [4.78, 5) is 12.2. The minimum absolute atomic E-state index is 0.0101. The third-order valence-electron chi connectivity index (χ3n) is 3.89. The number of aliphatic hydroxyl groups is 1. The van der Waals surface area contributed by atoms with Crippen LogP contribution < -0.4 is 10.1 Å². The number of aryl methyl sites for hydroxylation is 1. The summed E-state index contributed by atoms with van der Waals surface area (Å²) >= 11 is 0. The number of aliphatic hydroxyl groups excluding tert-OH is 1. The topological polar surface area (TPSA) is 95.9 Å². The Hall–Kier alpha value is -2.42. The van der Waals surface area contributed by atoms with Gasteiger partial charge in [0.2, 0.25) is 15.9 Å². The molecule has 0 aliphatic carbocycles. The van der Waals surface area contributed by atoms with Gasteiger partial charge in [0.05, 0.1) is 20.3 Å². The van der Waals surface area contributed by atoms with Crippen molar-refractivity contribution in [2.24, 2.45) is 0 Å². The Morgan fingerprint density at radius 2 is 1.89 bits per heavy atom. The fourth-order valence-electron chi connectivity index (χ4n) is 2.55. The predicted octanol–water partition coefficient (Wildman–Crippen LogP) is 1.30. The Labute approximate surface area is 159 Å². The highest BCUT2D eigenvalue weighted by molar-refractivity contribution is 7.89. The van der Waals surface area contributed by atoms with Gasteiger partial charge in [-0.05, 0) is 30.2 Å². The van der Waals surface area contributed by atoms with Crippen LogP contribution in [0.15, 0.2) is 53.4 Å². The highest BCUT2D eigenvalue weighted by Gasteiger charge is 2.29. The van der Waals surface area contributed by atoms with Crippen molar-refractivity contribution < 1.29 is 23.1 Å². The van der Waals surface area contributed by atoms with Gasteiger partial charge < -0.3 is 15.2 Å². The van der Waals surface area contributed by atoms with Crippen LogP contribution in [0, 0.1) is 6.92 Å². The van der Waals surface area contributed by atoms with Gasteiger partial charge in [0, 0.05) is 13.1 Å². The molecule has 0 atom stereocenters. The Bertz CT molecular complexity index is 869. The zero-order valence-corrected chi connectivity index (χ0v) is 16.2. The second-order valence-corrected chi connectivity index (χ2v) is 7.89. The van der Waals surface area contributed by atoms with E-state index in [0.717, 1.165) is 15.4 Å². The maximum absolute atomic E-state index is 13.3. The molecule has 0 aromatic heterocycles. The molecule has 0 saturated heterocycles. The van der Waals surface area contributed by atoms with Crippen LogP contribution in [0.25, 0.3) is 0 Å². The molecule has 1 amide bonds. The van der Waals surface area contributed by atoms with E-state index >= 15 is 0 Å². The lowest BCUT2D eigenvalue weighted by Gasteiger charge is -2.23. The Morgan fingerprint density at radius 3 is 2.52 bits per heavy atom. The van der Waals surface area contributed by atoms with E-state index in [-0.39, 0.29) is 36.9 Å². The van der Waals surface area contributed by atoms with Gasteiger partial charge in [-0.25, -0.2) is 8.42 Å². The van der Waals surface area contributed by atoms with Gasteiger partial charge in [-0.1, -0.05) is 36.4 Å². The van der Waals surface area contributed by atoms with E-state index < -0.39 is 15.9 Å². The summed E-state index contributed by atoms with van der Waals surface area (Å²) in [5.74, 6) is -0.274. The molecule has 0 aliphatic rings. The molecule has 2 N–H and O–H groups in total. The number of amides is 1. The first kappa shape index (κ1) is 20.9. The number of methoxy groups -OCH3 is 1. The van der Waals surface area contributed by atoms with Crippen molar-refractivity contribution in [3.8, 4) is 5.75 Å². The Balaban J connectivity index is 2.41. The molecule has 0 radical (unpaired) electrons. The number of ether oxygens (including phenoxy) is 1. The maximum Gasteiger partial charge on any atom is 0.247 e. The first-order valence-corrected chi connectivity index (χ1v) is 9.88. The highest BCUT2D eigenvalue weighted by Crippen LogP contribution is 2.28. The molecule has 2 aromatic carbocycles. The fourth-order valence-corrected chi connectivity index (χ4v) is 4.17. The van der Waals surface area contributed by atoms with Crippen LogP contribution in [0.4, 0.5) is 0 Å². The number of benzene rings is 2. The van der Waals surface area contributed by atoms with Crippen LogP contribution in [0.2, 0.25) is 0 Å². The summed E-state index contributed by atoms with van der Waals surface area (Å²) in [5.41, 5.74) is 1.52. The average Bonchev–Trinajstić information content (AvgIpc) is 2.66. The van der Waals surface area contributed by atoms with E-state index in [0.29, 0.717) is 0 Å². The van der Waals surface area contributed by atoms with Gasteiger partial charge in [-0.3, -0.25) is 4.79 Å². The standard InChI is InChI=1S/C19H24N2O5S/c1-15-8-9-17(26-2)18(12-15)27(24,25)21(14-19(23)20-10-11-22)13-16-6-4-3-5-7-16/h3-9,12,22H,10-11,13-14H2,1-2H3,(H,20,23). The van der Waals surface area contributed by atoms with Crippen molar-refractivity contribution in [3.63, 3.8) is 0 Å². The van der Waals surface area contributed by atoms with Crippen molar-refractivity contribution >= 4 is 15.9 Å². The SMILES string of the molecule is COc1ccc(C)cc1S(=O)(=O)N(CC(=O)NCCO)Cc1ccccc1. The molecule has 7 nitrogen and oxygen atoms in total. The summed E-state index contributed by atoms with van der Waals surface area (Å²) < 4.78 is 32.9. The van der Waals surface area contributed by atoms with E-state index in [1.54, 1.807) is 43.3 Å². The summed E-state index contributed by atoms with van der Waals surface area (Å²) in [6, 6.07) is 13.9. The molecule has 0 aliphatic heterocycles. The molecule has 146 valence electrons. The molecule has 0 heterocycles. The van der Waals surface area contributed by atoms with Gasteiger partial charge in [-0.15, -0.1) is 0 Å². The minimum Gasteiger partial charge on any atom is -0.495 e. The molecule has 27 heavy (non-hydrogen) atoms. The smallest absolute Gasteiger partial charge is 0.247 e. The number of carbonyl (C=O) groups excluding carboxylic acids is 1. The van der Waals surface area contributed by atoms with Crippen LogP contribution in [0.5, 0.6) is 5.75 Å². The van der Waals surface area contributed by atoms with Crippen LogP contribution in [0.1, 0.15) is 11.1 Å². The van der Waals surface area contributed by atoms with Gasteiger partial charge in [-0.2, -0.15) is 4.31 Å².